The third kappa shape index (κ3) is 6.46. The molecule has 3 rings (SSSR count). The van der Waals surface area contributed by atoms with E-state index in [1.165, 1.54) is 32.2 Å². The van der Waals surface area contributed by atoms with Crippen LogP contribution in [-0.2, 0) is 19.6 Å². The molecule has 0 fully saturated rings. The average molecular weight is 497 g/mol. The molecular formula is C26H28N2O6S. The molecule has 0 saturated carbocycles. The van der Waals surface area contributed by atoms with E-state index >= 15 is 0 Å². The van der Waals surface area contributed by atoms with Crippen molar-refractivity contribution in [1.29, 1.82) is 0 Å². The zero-order valence-corrected chi connectivity index (χ0v) is 20.8. The number of amides is 1. The Hall–Kier alpha value is -3.69. The minimum absolute atomic E-state index is 0.0285. The summed E-state index contributed by atoms with van der Waals surface area (Å²) in [5.74, 6) is -1.28. The lowest BCUT2D eigenvalue weighted by Gasteiger charge is -2.17. The second-order valence-corrected chi connectivity index (χ2v) is 9.77. The van der Waals surface area contributed by atoms with Crippen LogP contribution in [0.2, 0.25) is 0 Å². The van der Waals surface area contributed by atoms with Crippen LogP contribution >= 0.6 is 0 Å². The van der Waals surface area contributed by atoms with E-state index in [0.29, 0.717) is 5.69 Å². The molecule has 1 amide bonds. The number of para-hydroxylation sites is 1. The van der Waals surface area contributed by atoms with Crippen molar-refractivity contribution in [3.63, 3.8) is 0 Å². The lowest BCUT2D eigenvalue weighted by molar-refractivity contribution is -0.123. The molecule has 1 atom stereocenters. The van der Waals surface area contributed by atoms with Crippen LogP contribution < -0.4 is 14.8 Å². The van der Waals surface area contributed by atoms with Crippen molar-refractivity contribution in [2.24, 2.45) is 0 Å². The van der Waals surface area contributed by atoms with E-state index in [1.807, 2.05) is 42.5 Å². The van der Waals surface area contributed by atoms with Gasteiger partial charge >= 0.3 is 5.97 Å². The molecular weight excluding hydrogens is 468 g/mol. The molecule has 0 aliphatic carbocycles. The van der Waals surface area contributed by atoms with E-state index in [4.69, 9.17) is 9.47 Å². The lowest BCUT2D eigenvalue weighted by atomic mass is 10.0. The number of sulfonamides is 1. The lowest BCUT2D eigenvalue weighted by Crippen LogP contribution is -2.31. The average Bonchev–Trinajstić information content (AvgIpc) is 2.83. The van der Waals surface area contributed by atoms with Crippen LogP contribution in [0.1, 0.15) is 31.1 Å². The van der Waals surface area contributed by atoms with Crippen molar-refractivity contribution in [3.05, 3.63) is 78.4 Å². The fourth-order valence-corrected chi connectivity index (χ4v) is 4.81. The van der Waals surface area contributed by atoms with Gasteiger partial charge in [0.25, 0.3) is 5.91 Å². The summed E-state index contributed by atoms with van der Waals surface area (Å²) >= 11 is 0. The second kappa shape index (κ2) is 11.2. The summed E-state index contributed by atoms with van der Waals surface area (Å²) in [5, 5.41) is 2.80. The monoisotopic (exact) mass is 496 g/mol. The van der Waals surface area contributed by atoms with Gasteiger partial charge in [0, 0.05) is 17.3 Å². The smallest absolute Gasteiger partial charge is 0.338 e. The van der Waals surface area contributed by atoms with E-state index in [-0.39, 0.29) is 22.3 Å². The summed E-state index contributed by atoms with van der Waals surface area (Å²) in [4.78, 5) is 25.3. The van der Waals surface area contributed by atoms with Crippen LogP contribution in [0.3, 0.4) is 0 Å². The summed E-state index contributed by atoms with van der Waals surface area (Å²) in [6.45, 7) is 4.80. The fraction of sp³-hybridized carbons (Fsp3) is 0.231. The second-order valence-electron chi connectivity index (χ2n) is 8.09. The van der Waals surface area contributed by atoms with Gasteiger partial charge in [0.05, 0.1) is 12.7 Å². The highest BCUT2D eigenvalue weighted by molar-refractivity contribution is 7.89. The highest BCUT2D eigenvalue weighted by atomic mass is 32.2. The van der Waals surface area contributed by atoms with E-state index in [1.54, 1.807) is 26.0 Å². The first-order valence-electron chi connectivity index (χ1n) is 11.0. The fourth-order valence-electron chi connectivity index (χ4n) is 3.37. The highest BCUT2D eigenvalue weighted by Gasteiger charge is 2.25. The number of nitrogens with one attached hydrogen (secondary N) is 2. The molecule has 35 heavy (non-hydrogen) atoms. The summed E-state index contributed by atoms with van der Waals surface area (Å²) < 4.78 is 38.3. The van der Waals surface area contributed by atoms with Gasteiger partial charge in [-0.1, -0.05) is 48.5 Å². The summed E-state index contributed by atoms with van der Waals surface area (Å²) in [5.41, 5.74) is 2.29. The van der Waals surface area contributed by atoms with Crippen LogP contribution in [0.15, 0.2) is 77.7 Å². The van der Waals surface area contributed by atoms with Crippen LogP contribution in [0, 0.1) is 0 Å². The first kappa shape index (κ1) is 25.9. The molecule has 3 aromatic carbocycles. The van der Waals surface area contributed by atoms with E-state index < -0.39 is 28.0 Å². The number of hydrogen-bond acceptors (Lipinski definition) is 6. The zero-order chi connectivity index (χ0) is 25.6. The van der Waals surface area contributed by atoms with Crippen molar-refractivity contribution < 1.29 is 27.5 Å². The van der Waals surface area contributed by atoms with E-state index in [2.05, 4.69) is 10.0 Å². The highest BCUT2D eigenvalue weighted by Crippen LogP contribution is 2.28. The van der Waals surface area contributed by atoms with Crippen molar-refractivity contribution in [1.82, 2.24) is 4.72 Å². The zero-order valence-electron chi connectivity index (χ0n) is 19.9. The molecule has 0 bridgehead atoms. The maximum absolute atomic E-state index is 12.8. The Bertz CT molecular complexity index is 1310. The van der Waals surface area contributed by atoms with E-state index in [0.717, 1.165) is 11.1 Å². The van der Waals surface area contributed by atoms with Crippen LogP contribution in [0.25, 0.3) is 11.1 Å². The normalized spacial score (nSPS) is 12.1. The Balaban J connectivity index is 1.77. The predicted octanol–water partition coefficient (Wildman–Crippen LogP) is 4.23. The summed E-state index contributed by atoms with van der Waals surface area (Å²) in [6.07, 6.45) is -1.14. The van der Waals surface area contributed by atoms with Crippen molar-refractivity contribution in [2.45, 2.75) is 37.8 Å². The SMILES string of the molecule is COc1ccc(C(=O)OC(C)C(=O)Nc2ccccc2-c2ccccc2)cc1S(=O)(=O)NC(C)C. The minimum atomic E-state index is -3.94. The molecule has 1 unspecified atom stereocenters. The Morgan fingerprint density at radius 3 is 2.20 bits per heavy atom. The summed E-state index contributed by atoms with van der Waals surface area (Å²) in [6, 6.07) is 20.4. The standard InChI is InChI=1S/C26H28N2O6S/c1-17(2)28-35(31,32)24-16-20(14-15-23(24)33-4)26(30)34-18(3)25(29)27-22-13-9-8-12-21(22)19-10-6-5-7-11-19/h5-18,28H,1-4H3,(H,27,29). The Kier molecular flexibility index (Phi) is 8.26. The molecule has 2 N–H and O–H groups in total. The van der Waals surface area contributed by atoms with Crippen molar-refractivity contribution in [2.75, 3.05) is 12.4 Å². The van der Waals surface area contributed by atoms with Crippen LogP contribution in [-0.4, -0.2) is 39.5 Å². The topological polar surface area (TPSA) is 111 Å². The van der Waals surface area contributed by atoms with Crippen LogP contribution in [0.4, 0.5) is 5.69 Å². The maximum Gasteiger partial charge on any atom is 0.338 e. The Morgan fingerprint density at radius 1 is 0.886 bits per heavy atom. The number of esters is 1. The number of rotatable bonds is 9. The number of anilines is 1. The first-order chi connectivity index (χ1) is 16.6. The van der Waals surface area contributed by atoms with Gasteiger partial charge in [-0.2, -0.15) is 0 Å². The van der Waals surface area contributed by atoms with Gasteiger partial charge in [-0.3, -0.25) is 4.79 Å². The molecule has 0 saturated heterocycles. The predicted molar refractivity (Wildman–Crippen MR) is 134 cm³/mol. The van der Waals surface area contributed by atoms with Crippen LogP contribution in [0.5, 0.6) is 5.75 Å². The molecule has 0 aliphatic rings. The minimum Gasteiger partial charge on any atom is -0.495 e. The third-order valence-corrected chi connectivity index (χ3v) is 6.68. The van der Waals surface area contributed by atoms with Gasteiger partial charge < -0.3 is 14.8 Å². The maximum atomic E-state index is 12.8. The number of methoxy groups -OCH3 is 1. The molecule has 9 heteroatoms. The number of carbonyl (C=O) groups is 2. The van der Waals surface area contributed by atoms with Gasteiger partial charge in [0.1, 0.15) is 10.6 Å². The molecule has 0 aliphatic heterocycles. The number of ether oxygens (including phenoxy) is 2. The quantitative estimate of drug-likeness (QED) is 0.429. The molecule has 3 aromatic rings. The van der Waals surface area contributed by atoms with Gasteiger partial charge in [0.2, 0.25) is 10.0 Å². The molecule has 8 nitrogen and oxygen atoms in total. The Morgan fingerprint density at radius 2 is 1.54 bits per heavy atom. The van der Waals surface area contributed by atoms with Gasteiger partial charge in [0.15, 0.2) is 6.10 Å². The van der Waals surface area contributed by atoms with Gasteiger partial charge in [-0.05, 0) is 50.6 Å². The molecule has 0 heterocycles. The van der Waals surface area contributed by atoms with Gasteiger partial charge in [-0.15, -0.1) is 0 Å². The molecule has 0 aromatic heterocycles. The number of benzene rings is 3. The first-order valence-corrected chi connectivity index (χ1v) is 12.5. The van der Waals surface area contributed by atoms with Crippen molar-refractivity contribution >= 4 is 27.6 Å². The van der Waals surface area contributed by atoms with Crippen molar-refractivity contribution in [3.8, 4) is 16.9 Å². The van der Waals surface area contributed by atoms with Gasteiger partial charge in [-0.25, -0.2) is 17.9 Å². The molecule has 0 spiro atoms. The number of carbonyl (C=O) groups excluding carboxylic acids is 2. The third-order valence-electron chi connectivity index (χ3n) is 5.00. The molecule has 184 valence electrons. The van der Waals surface area contributed by atoms with E-state index in [9.17, 15) is 18.0 Å². The number of hydrogen-bond donors (Lipinski definition) is 2. The largest absolute Gasteiger partial charge is 0.495 e. The molecule has 0 radical (unpaired) electrons. The summed E-state index contributed by atoms with van der Waals surface area (Å²) in [7, 11) is -2.60. The Labute approximate surface area is 205 Å².